The lowest BCUT2D eigenvalue weighted by Gasteiger charge is -2.19. The summed E-state index contributed by atoms with van der Waals surface area (Å²) < 4.78 is 4.72. The van der Waals surface area contributed by atoms with E-state index in [0.29, 0.717) is 6.54 Å². The van der Waals surface area contributed by atoms with Gasteiger partial charge in [-0.05, 0) is 17.7 Å². The van der Waals surface area contributed by atoms with Gasteiger partial charge in [0, 0.05) is 33.1 Å². The van der Waals surface area contributed by atoms with Gasteiger partial charge < -0.3 is 20.1 Å². The molecule has 0 saturated heterocycles. The fraction of sp³-hybridized carbons (Fsp3) is 0.417. The van der Waals surface area contributed by atoms with Crippen molar-refractivity contribution in [3.63, 3.8) is 0 Å². The number of carbonyl (C=O) groups is 2. The maximum atomic E-state index is 11.7. The van der Waals surface area contributed by atoms with Crippen LogP contribution in [0.5, 0.6) is 0 Å². The van der Waals surface area contributed by atoms with Crippen LogP contribution in [0, 0.1) is 0 Å². The van der Waals surface area contributed by atoms with Gasteiger partial charge in [0.05, 0.1) is 6.54 Å². The standard InChI is InChI=1S/C12H17N3O4/c1-15(8-9-3-5-13-6-4-9)12(18)14-7-10(19-2)11(16)17/h3-6,10H,7-8H2,1-2H3,(H,14,18)(H,16,17). The van der Waals surface area contributed by atoms with E-state index >= 15 is 0 Å². The maximum absolute atomic E-state index is 11.7. The molecule has 104 valence electrons. The van der Waals surface area contributed by atoms with Crippen molar-refractivity contribution >= 4 is 12.0 Å². The molecular formula is C12H17N3O4. The Balaban J connectivity index is 2.43. The van der Waals surface area contributed by atoms with Gasteiger partial charge in [-0.2, -0.15) is 0 Å². The summed E-state index contributed by atoms with van der Waals surface area (Å²) in [5.41, 5.74) is 0.939. The summed E-state index contributed by atoms with van der Waals surface area (Å²) in [6.07, 6.45) is 2.25. The van der Waals surface area contributed by atoms with E-state index in [9.17, 15) is 9.59 Å². The van der Waals surface area contributed by atoms with Crippen LogP contribution in [-0.4, -0.2) is 53.8 Å². The molecule has 7 nitrogen and oxygen atoms in total. The van der Waals surface area contributed by atoms with Crippen LogP contribution in [0.1, 0.15) is 5.56 Å². The Labute approximate surface area is 111 Å². The molecule has 0 spiro atoms. The minimum absolute atomic E-state index is 0.0780. The first-order valence-electron chi connectivity index (χ1n) is 5.68. The SMILES string of the molecule is COC(CNC(=O)N(C)Cc1ccncc1)C(=O)O. The van der Waals surface area contributed by atoms with E-state index in [1.165, 1.54) is 12.0 Å². The highest BCUT2D eigenvalue weighted by Gasteiger charge is 2.18. The van der Waals surface area contributed by atoms with Gasteiger partial charge in [0.25, 0.3) is 0 Å². The zero-order valence-corrected chi connectivity index (χ0v) is 10.9. The van der Waals surface area contributed by atoms with Crippen LogP contribution in [0.25, 0.3) is 0 Å². The third-order valence-corrected chi connectivity index (χ3v) is 2.51. The van der Waals surface area contributed by atoms with E-state index in [0.717, 1.165) is 5.56 Å². The first-order valence-corrected chi connectivity index (χ1v) is 5.68. The minimum atomic E-state index is -1.11. The topological polar surface area (TPSA) is 91.8 Å². The fourth-order valence-electron chi connectivity index (χ4n) is 1.42. The second kappa shape index (κ2) is 7.32. The van der Waals surface area contributed by atoms with E-state index in [1.54, 1.807) is 31.6 Å². The Hall–Kier alpha value is -2.15. The number of carboxylic acid groups (broad SMARTS) is 1. The van der Waals surface area contributed by atoms with Crippen molar-refractivity contribution in [1.29, 1.82) is 0 Å². The molecule has 0 aliphatic heterocycles. The molecule has 0 radical (unpaired) electrons. The van der Waals surface area contributed by atoms with Crippen molar-refractivity contribution in [3.05, 3.63) is 30.1 Å². The van der Waals surface area contributed by atoms with E-state index in [1.807, 2.05) is 0 Å². The Kier molecular flexibility index (Phi) is 5.74. The molecule has 1 atom stereocenters. The zero-order valence-electron chi connectivity index (χ0n) is 10.9. The van der Waals surface area contributed by atoms with Gasteiger partial charge in [-0.15, -0.1) is 0 Å². The number of amides is 2. The fourth-order valence-corrected chi connectivity index (χ4v) is 1.42. The molecule has 0 fully saturated rings. The Morgan fingerprint density at radius 1 is 1.47 bits per heavy atom. The Morgan fingerprint density at radius 3 is 2.63 bits per heavy atom. The molecule has 19 heavy (non-hydrogen) atoms. The van der Waals surface area contributed by atoms with Crippen LogP contribution >= 0.6 is 0 Å². The summed E-state index contributed by atoms with van der Waals surface area (Å²) in [7, 11) is 2.91. The monoisotopic (exact) mass is 267 g/mol. The summed E-state index contributed by atoms with van der Waals surface area (Å²) >= 11 is 0. The van der Waals surface area contributed by atoms with Gasteiger partial charge in [-0.25, -0.2) is 9.59 Å². The van der Waals surface area contributed by atoms with Gasteiger partial charge in [0.2, 0.25) is 0 Å². The van der Waals surface area contributed by atoms with Gasteiger partial charge in [0.15, 0.2) is 6.10 Å². The maximum Gasteiger partial charge on any atom is 0.334 e. The molecule has 1 unspecified atom stereocenters. The molecule has 0 saturated carbocycles. The Morgan fingerprint density at radius 2 is 2.11 bits per heavy atom. The second-order valence-electron chi connectivity index (χ2n) is 3.96. The molecule has 0 aliphatic carbocycles. The summed E-state index contributed by atoms with van der Waals surface area (Å²) in [6, 6.07) is 3.25. The number of methoxy groups -OCH3 is 1. The minimum Gasteiger partial charge on any atom is -0.479 e. The number of aliphatic carboxylic acids is 1. The number of carbonyl (C=O) groups excluding carboxylic acids is 1. The predicted molar refractivity (Wildman–Crippen MR) is 67.5 cm³/mol. The molecule has 1 aromatic rings. The highest BCUT2D eigenvalue weighted by molar-refractivity contribution is 5.76. The third-order valence-electron chi connectivity index (χ3n) is 2.51. The van der Waals surface area contributed by atoms with Crippen LogP contribution < -0.4 is 5.32 Å². The molecule has 2 N–H and O–H groups in total. The molecule has 7 heteroatoms. The zero-order chi connectivity index (χ0) is 14.3. The molecule has 2 amide bonds. The number of hydrogen-bond acceptors (Lipinski definition) is 4. The summed E-state index contributed by atoms with van der Waals surface area (Å²) in [5, 5.41) is 11.3. The van der Waals surface area contributed by atoms with Gasteiger partial charge in [-0.3, -0.25) is 4.98 Å². The lowest BCUT2D eigenvalue weighted by atomic mass is 10.2. The van der Waals surface area contributed by atoms with Gasteiger partial charge >= 0.3 is 12.0 Å². The van der Waals surface area contributed by atoms with Gasteiger partial charge in [0.1, 0.15) is 0 Å². The van der Waals surface area contributed by atoms with Crippen molar-refractivity contribution in [1.82, 2.24) is 15.2 Å². The average Bonchev–Trinajstić information content (AvgIpc) is 2.39. The van der Waals surface area contributed by atoms with E-state index in [4.69, 9.17) is 9.84 Å². The van der Waals surface area contributed by atoms with Crippen LogP contribution in [0.15, 0.2) is 24.5 Å². The van der Waals surface area contributed by atoms with E-state index < -0.39 is 12.1 Å². The van der Waals surface area contributed by atoms with E-state index in [-0.39, 0.29) is 12.6 Å². The summed E-state index contributed by atoms with van der Waals surface area (Å²) in [4.78, 5) is 27.8. The third kappa shape index (κ3) is 4.92. The van der Waals surface area contributed by atoms with Crippen molar-refractivity contribution < 1.29 is 19.4 Å². The number of aromatic nitrogens is 1. The van der Waals surface area contributed by atoms with Crippen LogP contribution in [0.4, 0.5) is 4.79 Å². The number of ether oxygens (including phenoxy) is 1. The largest absolute Gasteiger partial charge is 0.479 e. The number of urea groups is 1. The molecular weight excluding hydrogens is 250 g/mol. The molecule has 1 rings (SSSR count). The van der Waals surface area contributed by atoms with Crippen LogP contribution in [-0.2, 0) is 16.1 Å². The molecule has 0 aromatic carbocycles. The van der Waals surface area contributed by atoms with Crippen molar-refractivity contribution in [2.45, 2.75) is 12.6 Å². The number of nitrogens with zero attached hydrogens (tertiary/aromatic N) is 2. The first-order chi connectivity index (χ1) is 9.04. The molecule has 1 aromatic heterocycles. The summed E-state index contributed by atoms with van der Waals surface area (Å²) in [6.45, 7) is 0.338. The number of pyridine rings is 1. The van der Waals surface area contributed by atoms with Crippen molar-refractivity contribution in [3.8, 4) is 0 Å². The van der Waals surface area contributed by atoms with E-state index in [2.05, 4.69) is 10.3 Å². The quantitative estimate of drug-likeness (QED) is 0.774. The molecule has 1 heterocycles. The predicted octanol–water partition coefficient (Wildman–Crippen LogP) is 0.323. The lowest BCUT2D eigenvalue weighted by Crippen LogP contribution is -2.43. The molecule has 0 aliphatic rings. The highest BCUT2D eigenvalue weighted by Crippen LogP contribution is 2.01. The van der Waals surface area contributed by atoms with Crippen molar-refractivity contribution in [2.75, 3.05) is 20.7 Å². The Bertz CT molecular complexity index is 424. The van der Waals surface area contributed by atoms with Crippen LogP contribution in [0.2, 0.25) is 0 Å². The second-order valence-corrected chi connectivity index (χ2v) is 3.96. The number of hydrogen-bond donors (Lipinski definition) is 2. The first kappa shape index (κ1) is 14.9. The van der Waals surface area contributed by atoms with Crippen LogP contribution in [0.3, 0.4) is 0 Å². The average molecular weight is 267 g/mol. The highest BCUT2D eigenvalue weighted by atomic mass is 16.5. The van der Waals surface area contributed by atoms with Crippen molar-refractivity contribution in [2.24, 2.45) is 0 Å². The lowest BCUT2D eigenvalue weighted by molar-refractivity contribution is -0.148. The smallest absolute Gasteiger partial charge is 0.334 e. The number of carboxylic acids is 1. The molecule has 0 bridgehead atoms. The number of nitrogens with one attached hydrogen (secondary N) is 1. The summed E-state index contributed by atoms with van der Waals surface area (Å²) in [5.74, 6) is -1.11. The normalized spacial score (nSPS) is 11.7. The van der Waals surface area contributed by atoms with Gasteiger partial charge in [-0.1, -0.05) is 0 Å². The number of rotatable bonds is 6.